The maximum atomic E-state index is 1.70. The van der Waals surface area contributed by atoms with Gasteiger partial charge in [-0.15, -0.1) is 0 Å². The summed E-state index contributed by atoms with van der Waals surface area (Å²) in [6.07, 6.45) is 0. The van der Waals surface area contributed by atoms with Gasteiger partial charge in [0.1, 0.15) is 0 Å². The van der Waals surface area contributed by atoms with E-state index in [1.807, 2.05) is 0 Å². The summed E-state index contributed by atoms with van der Waals surface area (Å²) in [5.41, 5.74) is 0. The summed E-state index contributed by atoms with van der Waals surface area (Å²) < 4.78 is 0. The van der Waals surface area contributed by atoms with Gasteiger partial charge in [0, 0.05) is 28.1 Å². The van der Waals surface area contributed by atoms with E-state index in [1.54, 1.807) is 39.0 Å². The maximum absolute atomic E-state index is 1.70. The van der Waals surface area contributed by atoms with Crippen molar-refractivity contribution in [3.63, 3.8) is 0 Å². The molecule has 0 aromatic rings. The highest BCUT2D eigenvalue weighted by molar-refractivity contribution is 7.67. The Bertz CT molecular complexity index is 74.0. The first-order valence-electron chi connectivity index (χ1n) is 3.26. The second kappa shape index (κ2) is 5.51. The van der Waals surface area contributed by atoms with Gasteiger partial charge in [-0.05, 0) is 26.9 Å². The van der Waals surface area contributed by atoms with Crippen LogP contribution in [-0.2, 0) is 0 Å². The molecule has 0 spiro atoms. The molecule has 0 nitrogen and oxygen atoms in total. The Labute approximate surface area is 69.8 Å². The molecule has 0 heterocycles. The third-order valence-corrected chi connectivity index (χ3v) is 80.8. The zero-order valence-electron chi connectivity index (χ0n) is 6.36. The molecule has 8 heavy (non-hydrogen) atoms. The van der Waals surface area contributed by atoms with Crippen LogP contribution in [0.5, 0.6) is 0 Å². The average molecular weight is 241 g/mol. The van der Waals surface area contributed by atoms with Crippen LogP contribution in [0.3, 0.4) is 0 Å². The van der Waals surface area contributed by atoms with E-state index in [-0.39, 0.29) is 0 Å². The van der Waals surface area contributed by atoms with Crippen LogP contribution in [0.1, 0.15) is 0 Å². The predicted octanol–water partition coefficient (Wildman–Crippen LogP) is -7.33. The van der Waals surface area contributed by atoms with Gasteiger partial charge in [-0.3, -0.25) is 0 Å². The summed E-state index contributed by atoms with van der Waals surface area (Å²) in [7, 11) is 9.02. The fraction of sp³-hybridized carbons (Fsp3) is 0. The molecule has 8 heteroatoms. The summed E-state index contributed by atoms with van der Waals surface area (Å²) >= 11 is 0. The van der Waals surface area contributed by atoms with Gasteiger partial charge in [0.05, 0.1) is 0 Å². The van der Waals surface area contributed by atoms with Gasteiger partial charge < -0.3 is 0 Å². The van der Waals surface area contributed by atoms with Gasteiger partial charge in [0.2, 0.25) is 0 Å². The van der Waals surface area contributed by atoms with Crippen LogP contribution in [0.4, 0.5) is 0 Å². The summed E-state index contributed by atoms with van der Waals surface area (Å²) in [5, 5.41) is 0. The van der Waals surface area contributed by atoms with Crippen molar-refractivity contribution in [1.29, 1.82) is 0 Å². The lowest BCUT2D eigenvalue weighted by Crippen LogP contribution is -2.29. The third kappa shape index (κ3) is 7.74. The van der Waals surface area contributed by atoms with Crippen molar-refractivity contribution in [3.8, 4) is 0 Å². The number of hydrogen-bond donors (Lipinski definition) is 0. The van der Waals surface area contributed by atoms with Crippen molar-refractivity contribution in [1.82, 2.24) is 0 Å². The Kier molecular flexibility index (Phi) is 6.71. The average Bonchev–Trinajstić information content (AvgIpc) is 1.61. The third-order valence-electron chi connectivity index (χ3n) is 0.998. The molecule has 0 saturated carbocycles. The number of rotatable bonds is 2. The Balaban J connectivity index is 3.29. The molecule has 0 fully saturated rings. The van der Waals surface area contributed by atoms with Crippen molar-refractivity contribution >= 4 is 70.0 Å². The molecule has 0 aliphatic heterocycles. The minimum Gasteiger partial charge on any atom is -0.0567 e. The van der Waals surface area contributed by atoms with Crippen molar-refractivity contribution in [3.05, 3.63) is 0 Å². The molecule has 0 aliphatic rings. The molecule has 0 saturated heterocycles. The van der Waals surface area contributed by atoms with E-state index >= 15 is 0 Å². The molecule has 0 radical (unpaired) electrons. The van der Waals surface area contributed by atoms with Crippen LogP contribution >= 0.6 is 0 Å². The van der Waals surface area contributed by atoms with Crippen LogP contribution < -0.4 is 0 Å². The zero-order chi connectivity index (χ0) is 6.57. The fourth-order valence-electron chi connectivity index (χ4n) is 0.471. The Morgan fingerprint density at radius 3 is 2.00 bits per heavy atom. The van der Waals surface area contributed by atoms with Crippen molar-refractivity contribution in [2.45, 2.75) is 0 Å². The molecular formula is H16Si8. The summed E-state index contributed by atoms with van der Waals surface area (Å²) in [6, 6.07) is 0. The molecule has 0 atom stereocenters. The summed E-state index contributed by atoms with van der Waals surface area (Å²) in [5.74, 6) is 0. The van der Waals surface area contributed by atoms with E-state index in [0.717, 1.165) is 8.55 Å². The second-order valence-corrected chi connectivity index (χ2v) is 78.6. The summed E-state index contributed by atoms with van der Waals surface area (Å²) in [4.78, 5) is 0. The molecule has 48 valence electrons. The zero-order valence-corrected chi connectivity index (χ0v) is 19.1. The molecule has 0 N–H and O–H groups in total. The first-order valence-corrected chi connectivity index (χ1v) is 29.3. The van der Waals surface area contributed by atoms with E-state index in [4.69, 9.17) is 0 Å². The largest absolute Gasteiger partial charge is 0.0567 e. The van der Waals surface area contributed by atoms with Crippen molar-refractivity contribution in [2.24, 2.45) is 0 Å². The molecular weight excluding hydrogens is 225 g/mol. The summed E-state index contributed by atoms with van der Waals surface area (Å²) in [6.45, 7) is 0.572. The highest BCUT2D eigenvalue weighted by Crippen LogP contribution is 1.53. The van der Waals surface area contributed by atoms with Gasteiger partial charge in [-0.25, -0.2) is 0 Å². The van der Waals surface area contributed by atoms with E-state index in [0.29, 0.717) is 14.3 Å². The molecule has 0 aromatic carbocycles. The van der Waals surface area contributed by atoms with Crippen LogP contribution in [0.15, 0.2) is 0 Å². The van der Waals surface area contributed by atoms with Crippen LogP contribution in [0, 0.1) is 0 Å². The van der Waals surface area contributed by atoms with Gasteiger partial charge >= 0.3 is 0 Å². The minimum atomic E-state index is 0.297. The Hall–Kier alpha value is 1.74. The van der Waals surface area contributed by atoms with Crippen LogP contribution in [-0.4, -0.2) is 70.0 Å². The molecule has 0 bridgehead atoms. The van der Waals surface area contributed by atoms with E-state index in [1.165, 1.54) is 8.13 Å². The highest BCUT2D eigenvalue weighted by Gasteiger charge is 1.90. The SMILES string of the molecule is [SiH3][Si]([SiH3])=[SiH][SiH2][SiH]([SiH3])[SiH3]. The fourth-order valence-corrected chi connectivity index (χ4v) is 115. The Morgan fingerprint density at radius 1 is 1.38 bits per heavy atom. The second-order valence-electron chi connectivity index (χ2n) is 2.91. The van der Waals surface area contributed by atoms with Gasteiger partial charge in [0.15, 0.2) is 0 Å². The standard InChI is InChI=1S/H16Si8/c1-7(2)5-6-8(3)4/h5,8H,6H2,1-4H3. The first-order chi connectivity index (χ1) is 3.63. The van der Waals surface area contributed by atoms with E-state index in [2.05, 4.69) is 0 Å². The monoisotopic (exact) mass is 240 g/mol. The van der Waals surface area contributed by atoms with E-state index in [9.17, 15) is 0 Å². The van der Waals surface area contributed by atoms with Gasteiger partial charge in [0.25, 0.3) is 0 Å². The lowest BCUT2D eigenvalue weighted by Gasteiger charge is -1.92. The highest BCUT2D eigenvalue weighted by atomic mass is 30.0. The lowest BCUT2D eigenvalue weighted by atomic mass is 26.2. The van der Waals surface area contributed by atoms with Gasteiger partial charge in [-0.2, -0.15) is 0 Å². The normalized spacial score (nSPS) is 16.0. The molecule has 0 rings (SSSR count). The molecule has 0 aliphatic carbocycles. The molecule has 0 aromatic heterocycles. The van der Waals surface area contributed by atoms with Crippen molar-refractivity contribution in [2.75, 3.05) is 0 Å². The van der Waals surface area contributed by atoms with Crippen LogP contribution in [0.25, 0.3) is 0 Å². The van der Waals surface area contributed by atoms with Crippen molar-refractivity contribution < 1.29 is 0 Å². The quantitative estimate of drug-likeness (QED) is 0.421. The topological polar surface area (TPSA) is 0 Å². The number of hydrogen-bond acceptors (Lipinski definition) is 0. The lowest BCUT2D eigenvalue weighted by molar-refractivity contribution is 3.84. The molecule has 0 unspecified atom stereocenters. The smallest absolute Gasteiger partial charge is 0.00919 e. The Morgan fingerprint density at radius 2 is 1.88 bits per heavy atom. The maximum Gasteiger partial charge on any atom is 0.00919 e. The first kappa shape index (κ1) is 9.74. The molecule has 0 amide bonds. The van der Waals surface area contributed by atoms with Crippen LogP contribution in [0.2, 0.25) is 0 Å². The van der Waals surface area contributed by atoms with E-state index < -0.39 is 0 Å². The predicted molar refractivity (Wildman–Crippen MR) is 68.4 cm³/mol. The van der Waals surface area contributed by atoms with Gasteiger partial charge in [-0.1, -0.05) is 15.1 Å². The minimum absolute atomic E-state index is 0.297.